The van der Waals surface area contributed by atoms with Gasteiger partial charge in [-0.2, -0.15) is 8.42 Å². The van der Waals surface area contributed by atoms with E-state index in [9.17, 15) is 18.0 Å². The van der Waals surface area contributed by atoms with Crippen LogP contribution in [0.3, 0.4) is 0 Å². The summed E-state index contributed by atoms with van der Waals surface area (Å²) in [6, 6.07) is -3.22. The zero-order valence-electron chi connectivity index (χ0n) is 8.90. The number of carboxylic acids is 1. The summed E-state index contributed by atoms with van der Waals surface area (Å²) < 4.78 is 29.5. The Bertz CT molecular complexity index is 391. The van der Waals surface area contributed by atoms with Crippen LogP contribution in [0, 0.1) is 0 Å². The zero-order valence-corrected chi connectivity index (χ0v) is 9.72. The average molecular weight is 270 g/mol. The second-order valence-electron chi connectivity index (χ2n) is 3.41. The zero-order chi connectivity index (χ0) is 13.8. The molecular weight excluding hydrogens is 256 g/mol. The molecule has 0 rings (SSSR count). The van der Waals surface area contributed by atoms with Gasteiger partial charge in [0.2, 0.25) is 5.91 Å². The van der Waals surface area contributed by atoms with Gasteiger partial charge >= 0.3 is 5.97 Å². The van der Waals surface area contributed by atoms with Gasteiger partial charge in [-0.3, -0.25) is 9.35 Å². The van der Waals surface area contributed by atoms with Gasteiger partial charge in [0.05, 0.1) is 6.10 Å². The lowest BCUT2D eigenvalue weighted by atomic mass is 10.2. The third-order valence-electron chi connectivity index (χ3n) is 1.81. The highest BCUT2D eigenvalue weighted by atomic mass is 32.2. The van der Waals surface area contributed by atoms with Gasteiger partial charge in [0.15, 0.2) is 0 Å². The Kier molecular flexibility index (Phi) is 5.48. The Morgan fingerprint density at radius 1 is 1.41 bits per heavy atom. The van der Waals surface area contributed by atoms with Crippen molar-refractivity contribution >= 4 is 22.0 Å². The van der Waals surface area contributed by atoms with Crippen LogP contribution in [0.25, 0.3) is 0 Å². The molecule has 0 aliphatic rings. The fourth-order valence-electron chi connectivity index (χ4n) is 0.872. The first kappa shape index (κ1) is 15.8. The van der Waals surface area contributed by atoms with Gasteiger partial charge in [-0.1, -0.05) is 0 Å². The number of rotatable bonds is 6. The summed E-state index contributed by atoms with van der Waals surface area (Å²) in [6.45, 7) is 1.21. The lowest BCUT2D eigenvalue weighted by Crippen LogP contribution is -2.54. The number of carbonyl (C=O) groups excluding carboxylic acids is 1. The summed E-state index contributed by atoms with van der Waals surface area (Å²) in [5.74, 6) is -3.86. The molecule has 0 saturated heterocycles. The third-order valence-corrected chi connectivity index (χ3v) is 2.57. The molecule has 10 heteroatoms. The summed E-state index contributed by atoms with van der Waals surface area (Å²) in [5.41, 5.74) is 5.21. The van der Waals surface area contributed by atoms with Crippen LogP contribution < -0.4 is 11.1 Å². The quantitative estimate of drug-likeness (QED) is 0.321. The average Bonchev–Trinajstić information content (AvgIpc) is 2.12. The van der Waals surface area contributed by atoms with Gasteiger partial charge in [0.25, 0.3) is 10.1 Å². The summed E-state index contributed by atoms with van der Waals surface area (Å²) in [7, 11) is -4.56. The normalized spacial score (nSPS) is 16.9. The van der Waals surface area contributed by atoms with Crippen LogP contribution in [-0.2, 0) is 19.7 Å². The number of nitrogens with two attached hydrogens (primary N) is 1. The van der Waals surface area contributed by atoms with Crippen LogP contribution in [0.2, 0.25) is 0 Å². The van der Waals surface area contributed by atoms with Crippen LogP contribution in [0.15, 0.2) is 0 Å². The maximum absolute atomic E-state index is 11.2. The van der Waals surface area contributed by atoms with E-state index in [0.29, 0.717) is 0 Å². The van der Waals surface area contributed by atoms with Crippen molar-refractivity contribution in [3.63, 3.8) is 0 Å². The summed E-state index contributed by atoms with van der Waals surface area (Å²) >= 11 is 0. The molecule has 6 N–H and O–H groups in total. The molecule has 0 bridgehead atoms. The number of nitrogens with one attached hydrogen (secondary N) is 1. The molecule has 3 atom stereocenters. The minimum absolute atomic E-state index is 1.03. The molecule has 0 aliphatic carbocycles. The molecule has 0 fully saturated rings. The van der Waals surface area contributed by atoms with Gasteiger partial charge in [-0.25, -0.2) is 4.79 Å². The Balaban J connectivity index is 4.68. The number of carbonyl (C=O) groups is 2. The van der Waals surface area contributed by atoms with Crippen LogP contribution in [-0.4, -0.2) is 59.0 Å². The number of amides is 1. The Morgan fingerprint density at radius 2 is 1.88 bits per heavy atom. The van der Waals surface area contributed by atoms with Crippen molar-refractivity contribution in [3.8, 4) is 0 Å². The molecule has 0 spiro atoms. The first-order valence-electron chi connectivity index (χ1n) is 4.46. The Hall–Kier alpha value is -1.23. The minimum Gasteiger partial charge on any atom is -0.480 e. The molecule has 100 valence electrons. The van der Waals surface area contributed by atoms with E-state index in [0.717, 1.165) is 0 Å². The van der Waals surface area contributed by atoms with E-state index in [1.807, 2.05) is 0 Å². The van der Waals surface area contributed by atoms with Crippen molar-refractivity contribution in [2.24, 2.45) is 5.73 Å². The fourth-order valence-corrected chi connectivity index (χ4v) is 1.52. The molecule has 0 aliphatic heterocycles. The topological polar surface area (TPSA) is 167 Å². The molecule has 0 radical (unpaired) electrons. The van der Waals surface area contributed by atoms with E-state index < -0.39 is 45.9 Å². The highest BCUT2D eigenvalue weighted by Gasteiger charge is 2.28. The molecule has 1 amide bonds. The summed E-state index contributed by atoms with van der Waals surface area (Å²) in [6.07, 6.45) is -1.23. The Labute approximate surface area is 97.4 Å². The smallest absolute Gasteiger partial charge is 0.327 e. The highest BCUT2D eigenvalue weighted by Crippen LogP contribution is 1.95. The number of aliphatic hydroxyl groups is 1. The van der Waals surface area contributed by atoms with Crippen LogP contribution in [0.5, 0.6) is 0 Å². The highest BCUT2D eigenvalue weighted by molar-refractivity contribution is 7.85. The van der Waals surface area contributed by atoms with E-state index in [1.165, 1.54) is 6.92 Å². The molecular formula is C7H14N2O7S. The van der Waals surface area contributed by atoms with Gasteiger partial charge in [-0.05, 0) is 6.92 Å². The van der Waals surface area contributed by atoms with Crippen molar-refractivity contribution in [1.82, 2.24) is 5.32 Å². The monoisotopic (exact) mass is 270 g/mol. The molecule has 0 heterocycles. The number of carboxylic acid groups (broad SMARTS) is 1. The Morgan fingerprint density at radius 3 is 2.18 bits per heavy atom. The lowest BCUT2D eigenvalue weighted by molar-refractivity contribution is -0.141. The van der Waals surface area contributed by atoms with Crippen LogP contribution in [0.1, 0.15) is 6.92 Å². The van der Waals surface area contributed by atoms with E-state index in [1.54, 1.807) is 5.32 Å². The van der Waals surface area contributed by atoms with Crippen molar-refractivity contribution in [2.75, 3.05) is 5.75 Å². The molecule has 17 heavy (non-hydrogen) atoms. The fraction of sp³-hybridized carbons (Fsp3) is 0.714. The maximum Gasteiger partial charge on any atom is 0.327 e. The van der Waals surface area contributed by atoms with Gasteiger partial charge in [0.1, 0.15) is 17.8 Å². The molecule has 0 aromatic heterocycles. The predicted molar refractivity (Wildman–Crippen MR) is 55.6 cm³/mol. The van der Waals surface area contributed by atoms with E-state index in [2.05, 4.69) is 0 Å². The number of aliphatic carboxylic acids is 1. The van der Waals surface area contributed by atoms with Gasteiger partial charge in [-0.15, -0.1) is 0 Å². The SMILES string of the molecule is C[C@@H](O)[C@H](N)C(=O)N[C@@H](CS(=O)(=O)O)C(=O)O. The second-order valence-corrected chi connectivity index (χ2v) is 4.91. The molecule has 0 aromatic rings. The first-order valence-corrected chi connectivity index (χ1v) is 6.07. The van der Waals surface area contributed by atoms with Crippen molar-refractivity contribution in [2.45, 2.75) is 25.1 Å². The number of aliphatic hydroxyl groups excluding tert-OH is 1. The first-order chi connectivity index (χ1) is 7.54. The molecule has 0 unspecified atom stereocenters. The van der Waals surface area contributed by atoms with Crippen molar-refractivity contribution < 1.29 is 32.8 Å². The van der Waals surface area contributed by atoms with E-state index in [4.69, 9.17) is 20.5 Å². The van der Waals surface area contributed by atoms with Gasteiger partial charge < -0.3 is 21.3 Å². The second kappa shape index (κ2) is 5.91. The summed E-state index contributed by atoms with van der Waals surface area (Å²) in [4.78, 5) is 21.9. The predicted octanol–water partition coefficient (Wildman–Crippen LogP) is -2.85. The van der Waals surface area contributed by atoms with Crippen molar-refractivity contribution in [3.05, 3.63) is 0 Å². The largest absolute Gasteiger partial charge is 0.480 e. The summed E-state index contributed by atoms with van der Waals surface area (Å²) in [5, 5.41) is 19.4. The molecule has 9 nitrogen and oxygen atoms in total. The van der Waals surface area contributed by atoms with E-state index >= 15 is 0 Å². The van der Waals surface area contributed by atoms with Crippen molar-refractivity contribution in [1.29, 1.82) is 0 Å². The molecule has 0 saturated carbocycles. The lowest BCUT2D eigenvalue weighted by Gasteiger charge is -2.18. The van der Waals surface area contributed by atoms with Gasteiger partial charge in [0, 0.05) is 0 Å². The standard InChI is InChI=1S/C7H14N2O7S/c1-3(10)5(8)6(11)9-4(7(12)13)2-17(14,15)16/h3-5,10H,2,8H2,1H3,(H,9,11)(H,12,13)(H,14,15,16)/t3-,4+,5+/m1/s1. The number of hydrogen-bond acceptors (Lipinski definition) is 6. The number of hydrogen-bond donors (Lipinski definition) is 5. The van der Waals surface area contributed by atoms with E-state index in [-0.39, 0.29) is 0 Å². The minimum atomic E-state index is -4.56. The molecule has 0 aromatic carbocycles. The maximum atomic E-state index is 11.2. The third kappa shape index (κ3) is 6.16. The van der Waals surface area contributed by atoms with Crippen LogP contribution >= 0.6 is 0 Å². The van der Waals surface area contributed by atoms with Crippen LogP contribution in [0.4, 0.5) is 0 Å².